The van der Waals surface area contributed by atoms with Gasteiger partial charge in [0.2, 0.25) is 0 Å². The van der Waals surface area contributed by atoms with Gasteiger partial charge >= 0.3 is 0 Å². The van der Waals surface area contributed by atoms with Crippen LogP contribution in [0.2, 0.25) is 0 Å². The summed E-state index contributed by atoms with van der Waals surface area (Å²) in [5, 5.41) is 0.968. The molecule has 0 fully saturated rings. The second kappa shape index (κ2) is 12.1. The van der Waals surface area contributed by atoms with E-state index >= 15 is 0 Å². The first-order chi connectivity index (χ1) is 24.3. The molecule has 0 atom stereocenters. The summed E-state index contributed by atoms with van der Waals surface area (Å²) < 4.78 is 6.35. The van der Waals surface area contributed by atoms with E-state index in [-0.39, 0.29) is 0 Å². The Morgan fingerprint density at radius 1 is 0.367 bits per heavy atom. The lowest BCUT2D eigenvalue weighted by Gasteiger charge is -2.12. The van der Waals surface area contributed by atoms with Gasteiger partial charge < -0.3 is 4.42 Å². The Labute approximate surface area is 282 Å². The van der Waals surface area contributed by atoms with Gasteiger partial charge in [0.1, 0.15) is 23.1 Å². The average molecular weight is 630 g/mol. The van der Waals surface area contributed by atoms with Gasteiger partial charge in [-0.25, -0.2) is 24.9 Å². The minimum Gasteiger partial charge on any atom is -0.452 e. The van der Waals surface area contributed by atoms with Gasteiger partial charge in [-0.3, -0.25) is 0 Å². The molecule has 49 heavy (non-hydrogen) atoms. The minimum absolute atomic E-state index is 0.605. The van der Waals surface area contributed by atoms with Crippen LogP contribution in [0.5, 0.6) is 0 Å². The van der Waals surface area contributed by atoms with E-state index in [9.17, 15) is 0 Å². The lowest BCUT2D eigenvalue weighted by molar-refractivity contribution is 0.667. The van der Waals surface area contributed by atoms with E-state index in [4.69, 9.17) is 24.4 Å². The molecule has 0 saturated carbocycles. The average Bonchev–Trinajstić information content (AvgIpc) is 3.58. The van der Waals surface area contributed by atoms with Gasteiger partial charge in [-0.05, 0) is 58.7 Å². The number of hydrogen-bond acceptors (Lipinski definition) is 6. The van der Waals surface area contributed by atoms with Gasteiger partial charge in [-0.1, -0.05) is 121 Å². The fraction of sp³-hybridized carbons (Fsp3) is 0. The van der Waals surface area contributed by atoms with Crippen molar-refractivity contribution in [3.63, 3.8) is 0 Å². The summed E-state index contributed by atoms with van der Waals surface area (Å²) in [6.07, 6.45) is 1.62. The second-order valence-corrected chi connectivity index (χ2v) is 11.8. The molecule has 6 nitrogen and oxygen atoms in total. The largest absolute Gasteiger partial charge is 0.452 e. The van der Waals surface area contributed by atoms with Crippen LogP contribution in [0, 0.1) is 0 Å². The van der Waals surface area contributed by atoms with Crippen LogP contribution < -0.4 is 0 Å². The smallest absolute Gasteiger partial charge is 0.180 e. The van der Waals surface area contributed by atoms with Gasteiger partial charge in [0, 0.05) is 27.6 Å². The third-order valence-electron chi connectivity index (χ3n) is 8.63. The Morgan fingerprint density at radius 2 is 0.857 bits per heavy atom. The highest BCUT2D eigenvalue weighted by Gasteiger charge is 2.17. The molecule has 6 aromatic carbocycles. The molecule has 3 heterocycles. The molecule has 9 aromatic rings. The fourth-order valence-electron chi connectivity index (χ4n) is 6.23. The number of hydrogen-bond donors (Lipinski definition) is 0. The van der Waals surface area contributed by atoms with Crippen LogP contribution in [0.4, 0.5) is 0 Å². The van der Waals surface area contributed by atoms with E-state index in [1.165, 1.54) is 0 Å². The zero-order valence-electron chi connectivity index (χ0n) is 26.2. The van der Waals surface area contributed by atoms with Crippen molar-refractivity contribution in [1.29, 1.82) is 0 Å². The number of rotatable bonds is 6. The van der Waals surface area contributed by atoms with Gasteiger partial charge in [0.05, 0.1) is 0 Å². The standard InChI is InChI=1S/C43H27N5O/c1-4-13-28(14-5-1)33-24-34(26-35(25-33)38-40-39(45-27-44-38)36-21-10-11-22-37(36)49-40)31-19-12-20-32(23-31)43-47-41(29-15-6-2-7-16-29)46-42(48-43)30-17-8-3-9-18-30/h1-27H. The van der Waals surface area contributed by atoms with Crippen LogP contribution in [-0.4, -0.2) is 24.9 Å². The molecule has 0 unspecified atom stereocenters. The summed E-state index contributed by atoms with van der Waals surface area (Å²) in [7, 11) is 0. The first-order valence-electron chi connectivity index (χ1n) is 16.1. The third-order valence-corrected chi connectivity index (χ3v) is 8.63. The number of benzene rings is 6. The van der Waals surface area contributed by atoms with Gasteiger partial charge in [0.15, 0.2) is 23.1 Å². The summed E-state index contributed by atoms with van der Waals surface area (Å²) in [6, 6.07) is 53.3. The number of fused-ring (bicyclic) bond motifs is 3. The zero-order valence-corrected chi connectivity index (χ0v) is 26.2. The van der Waals surface area contributed by atoms with E-state index in [1.807, 2.05) is 97.1 Å². The lowest BCUT2D eigenvalue weighted by Crippen LogP contribution is -2.00. The summed E-state index contributed by atoms with van der Waals surface area (Å²) in [5.41, 5.74) is 10.9. The summed E-state index contributed by atoms with van der Waals surface area (Å²) in [4.78, 5) is 24.2. The van der Waals surface area contributed by atoms with Crippen LogP contribution in [0.15, 0.2) is 168 Å². The van der Waals surface area contributed by atoms with Crippen molar-refractivity contribution in [2.45, 2.75) is 0 Å². The molecule has 0 aliphatic rings. The molecule has 0 amide bonds. The number of furan rings is 1. The fourth-order valence-corrected chi connectivity index (χ4v) is 6.23. The molecule has 0 aliphatic carbocycles. The van der Waals surface area contributed by atoms with E-state index in [1.54, 1.807) is 6.33 Å². The lowest BCUT2D eigenvalue weighted by atomic mass is 9.94. The number of nitrogens with zero attached hydrogens (tertiary/aromatic N) is 5. The Hall–Kier alpha value is -6.79. The molecule has 0 saturated heterocycles. The third kappa shape index (κ3) is 5.41. The topological polar surface area (TPSA) is 77.6 Å². The predicted octanol–water partition coefficient (Wildman–Crippen LogP) is 10.6. The van der Waals surface area contributed by atoms with Crippen molar-refractivity contribution in [3.8, 4) is 67.7 Å². The van der Waals surface area contributed by atoms with Crippen LogP contribution in [-0.2, 0) is 0 Å². The monoisotopic (exact) mass is 629 g/mol. The Balaban J connectivity index is 1.21. The first kappa shape index (κ1) is 28.4. The molecule has 0 aliphatic heterocycles. The van der Waals surface area contributed by atoms with E-state index < -0.39 is 0 Å². The SMILES string of the molecule is c1ccc(-c2cc(-c3cccc(-c4nc(-c5ccccc5)nc(-c5ccccc5)n4)c3)cc(-c3ncnc4c3oc3ccccc34)c2)cc1. The summed E-state index contributed by atoms with van der Waals surface area (Å²) in [5.74, 6) is 1.86. The molecule has 0 bridgehead atoms. The highest BCUT2D eigenvalue weighted by atomic mass is 16.3. The van der Waals surface area contributed by atoms with Crippen LogP contribution >= 0.6 is 0 Å². The zero-order chi connectivity index (χ0) is 32.6. The quantitative estimate of drug-likeness (QED) is 0.182. The second-order valence-electron chi connectivity index (χ2n) is 11.8. The van der Waals surface area contributed by atoms with E-state index in [2.05, 4.69) is 65.6 Å². The molecule has 0 spiro atoms. The van der Waals surface area contributed by atoms with Crippen LogP contribution in [0.1, 0.15) is 0 Å². The predicted molar refractivity (Wildman–Crippen MR) is 195 cm³/mol. The maximum atomic E-state index is 6.35. The normalized spacial score (nSPS) is 11.3. The van der Waals surface area contributed by atoms with Crippen molar-refractivity contribution in [2.75, 3.05) is 0 Å². The summed E-state index contributed by atoms with van der Waals surface area (Å²) in [6.45, 7) is 0. The molecule has 0 N–H and O–H groups in total. The molecule has 230 valence electrons. The molecule has 6 heteroatoms. The number of para-hydroxylation sites is 1. The van der Waals surface area contributed by atoms with Crippen molar-refractivity contribution in [2.24, 2.45) is 0 Å². The molecular weight excluding hydrogens is 603 g/mol. The molecule has 9 rings (SSSR count). The highest BCUT2D eigenvalue weighted by molar-refractivity contribution is 6.06. The van der Waals surface area contributed by atoms with E-state index in [0.717, 1.165) is 66.7 Å². The number of aromatic nitrogens is 5. The van der Waals surface area contributed by atoms with Crippen molar-refractivity contribution >= 4 is 22.1 Å². The Kier molecular flexibility index (Phi) is 7.02. The first-order valence-corrected chi connectivity index (χ1v) is 16.1. The van der Waals surface area contributed by atoms with Gasteiger partial charge in [0.25, 0.3) is 0 Å². The molecule has 3 aromatic heterocycles. The highest BCUT2D eigenvalue weighted by Crippen LogP contribution is 2.38. The maximum absolute atomic E-state index is 6.35. The van der Waals surface area contributed by atoms with Crippen LogP contribution in [0.3, 0.4) is 0 Å². The minimum atomic E-state index is 0.605. The molecule has 0 radical (unpaired) electrons. The van der Waals surface area contributed by atoms with Crippen LogP contribution in [0.25, 0.3) is 89.7 Å². The summed E-state index contributed by atoms with van der Waals surface area (Å²) >= 11 is 0. The Morgan fingerprint density at radius 3 is 1.53 bits per heavy atom. The van der Waals surface area contributed by atoms with Gasteiger partial charge in [-0.2, -0.15) is 0 Å². The van der Waals surface area contributed by atoms with Crippen molar-refractivity contribution in [1.82, 2.24) is 24.9 Å². The van der Waals surface area contributed by atoms with Gasteiger partial charge in [-0.15, -0.1) is 0 Å². The van der Waals surface area contributed by atoms with E-state index in [0.29, 0.717) is 23.1 Å². The maximum Gasteiger partial charge on any atom is 0.180 e. The van der Waals surface area contributed by atoms with Crippen molar-refractivity contribution in [3.05, 3.63) is 164 Å². The Bertz CT molecular complexity index is 2540. The molecular formula is C43H27N5O. The van der Waals surface area contributed by atoms with Crippen molar-refractivity contribution < 1.29 is 4.42 Å².